The van der Waals surface area contributed by atoms with Crippen LogP contribution in [0.2, 0.25) is 0 Å². The molecule has 0 spiro atoms. The Bertz CT molecular complexity index is 587. The van der Waals surface area contributed by atoms with E-state index in [9.17, 15) is 8.42 Å². The maximum Gasteiger partial charge on any atom is 0.214 e. The number of ether oxygens (including phenoxy) is 2. The first-order valence-corrected chi connectivity index (χ1v) is 9.80. The van der Waals surface area contributed by atoms with E-state index in [4.69, 9.17) is 9.47 Å². The van der Waals surface area contributed by atoms with E-state index in [1.807, 2.05) is 12.1 Å². The highest BCUT2D eigenvalue weighted by Crippen LogP contribution is 2.23. The molecule has 0 radical (unpaired) electrons. The van der Waals surface area contributed by atoms with Gasteiger partial charge in [0.1, 0.15) is 0 Å². The maximum absolute atomic E-state index is 12.5. The fourth-order valence-corrected chi connectivity index (χ4v) is 5.01. The summed E-state index contributed by atoms with van der Waals surface area (Å²) in [7, 11) is -3.19. The van der Waals surface area contributed by atoms with Gasteiger partial charge in [-0.15, -0.1) is 0 Å². The van der Waals surface area contributed by atoms with Crippen LogP contribution in [-0.2, 0) is 26.1 Å². The Morgan fingerprint density at radius 1 is 1.22 bits per heavy atom. The molecule has 6 nitrogen and oxygen atoms in total. The molecule has 2 saturated heterocycles. The van der Waals surface area contributed by atoms with Crippen molar-refractivity contribution in [2.24, 2.45) is 5.92 Å². The first-order chi connectivity index (χ1) is 11.1. The molecule has 0 saturated carbocycles. The normalized spacial score (nSPS) is 24.1. The number of rotatable bonds is 6. The second-order valence-corrected chi connectivity index (χ2v) is 8.28. The second kappa shape index (κ2) is 7.70. The zero-order valence-electron chi connectivity index (χ0n) is 13.3. The summed E-state index contributed by atoms with van der Waals surface area (Å²) in [5, 5.41) is 0. The van der Waals surface area contributed by atoms with Crippen LogP contribution in [0.1, 0.15) is 24.8 Å². The predicted molar refractivity (Wildman–Crippen MR) is 86.3 cm³/mol. The molecule has 7 heteroatoms. The van der Waals surface area contributed by atoms with Gasteiger partial charge in [0.15, 0.2) is 0 Å². The molecule has 128 valence electrons. The number of aromatic nitrogens is 1. The average molecular weight is 340 g/mol. The highest BCUT2D eigenvalue weighted by molar-refractivity contribution is 7.89. The van der Waals surface area contributed by atoms with Crippen LogP contribution in [0.3, 0.4) is 0 Å². The first-order valence-electron chi connectivity index (χ1n) is 8.19. The molecule has 1 atom stereocenters. The number of hydrogen-bond donors (Lipinski definition) is 0. The van der Waals surface area contributed by atoms with Crippen LogP contribution >= 0.6 is 0 Å². The Kier molecular flexibility index (Phi) is 5.63. The van der Waals surface area contributed by atoms with E-state index < -0.39 is 10.0 Å². The summed E-state index contributed by atoms with van der Waals surface area (Å²) in [5.74, 6) is 0.471. The smallest absolute Gasteiger partial charge is 0.214 e. The Morgan fingerprint density at radius 3 is 2.70 bits per heavy atom. The van der Waals surface area contributed by atoms with Crippen LogP contribution in [0.15, 0.2) is 24.5 Å². The first kappa shape index (κ1) is 16.8. The van der Waals surface area contributed by atoms with Crippen molar-refractivity contribution in [2.45, 2.75) is 32.0 Å². The molecular weight excluding hydrogens is 316 g/mol. The third-order valence-electron chi connectivity index (χ3n) is 4.52. The quantitative estimate of drug-likeness (QED) is 0.783. The average Bonchev–Trinajstić information content (AvgIpc) is 3.04. The summed E-state index contributed by atoms with van der Waals surface area (Å²) in [4.78, 5) is 3.97. The van der Waals surface area contributed by atoms with Gasteiger partial charge in [-0.3, -0.25) is 4.98 Å². The summed E-state index contributed by atoms with van der Waals surface area (Å²) < 4.78 is 37.8. The molecule has 0 unspecified atom stereocenters. The highest BCUT2D eigenvalue weighted by Gasteiger charge is 2.33. The Labute approximate surface area is 137 Å². The van der Waals surface area contributed by atoms with Gasteiger partial charge in [-0.25, -0.2) is 8.42 Å². The van der Waals surface area contributed by atoms with Crippen molar-refractivity contribution in [1.29, 1.82) is 0 Å². The lowest BCUT2D eigenvalue weighted by molar-refractivity contribution is 0.0507. The van der Waals surface area contributed by atoms with Crippen LogP contribution in [-0.4, -0.2) is 55.9 Å². The SMILES string of the molecule is O=S(=O)(CC1CCOCC1)N1CC[C@H](OCc2ccncc2)C1. The summed E-state index contributed by atoms with van der Waals surface area (Å²) in [6, 6.07) is 3.82. The second-order valence-electron chi connectivity index (χ2n) is 6.27. The van der Waals surface area contributed by atoms with Crippen molar-refractivity contribution in [3.05, 3.63) is 30.1 Å². The largest absolute Gasteiger partial charge is 0.381 e. The van der Waals surface area contributed by atoms with Gasteiger partial charge in [-0.05, 0) is 42.9 Å². The lowest BCUT2D eigenvalue weighted by Crippen LogP contribution is -2.35. The molecule has 2 fully saturated rings. The Balaban J connectivity index is 1.48. The van der Waals surface area contributed by atoms with Crippen molar-refractivity contribution in [3.8, 4) is 0 Å². The molecule has 0 amide bonds. The molecule has 0 N–H and O–H groups in total. The fraction of sp³-hybridized carbons (Fsp3) is 0.688. The molecule has 2 aliphatic rings. The van der Waals surface area contributed by atoms with Gasteiger partial charge in [0, 0.05) is 38.7 Å². The van der Waals surface area contributed by atoms with E-state index in [2.05, 4.69) is 4.98 Å². The van der Waals surface area contributed by atoms with Crippen LogP contribution in [0.4, 0.5) is 0 Å². The molecule has 3 heterocycles. The zero-order chi connectivity index (χ0) is 16.1. The van der Waals surface area contributed by atoms with Crippen molar-refractivity contribution < 1.29 is 17.9 Å². The number of sulfonamides is 1. The van der Waals surface area contributed by atoms with E-state index in [1.54, 1.807) is 16.7 Å². The van der Waals surface area contributed by atoms with Crippen molar-refractivity contribution in [2.75, 3.05) is 32.1 Å². The molecule has 1 aromatic rings. The van der Waals surface area contributed by atoms with Crippen LogP contribution in [0.5, 0.6) is 0 Å². The van der Waals surface area contributed by atoms with Crippen LogP contribution in [0.25, 0.3) is 0 Å². The van der Waals surface area contributed by atoms with E-state index in [0.717, 1.165) is 24.8 Å². The van der Waals surface area contributed by atoms with Crippen molar-refractivity contribution in [1.82, 2.24) is 9.29 Å². The van der Waals surface area contributed by atoms with Gasteiger partial charge >= 0.3 is 0 Å². The van der Waals surface area contributed by atoms with Crippen LogP contribution < -0.4 is 0 Å². The molecule has 0 aromatic carbocycles. The summed E-state index contributed by atoms with van der Waals surface area (Å²) in [6.07, 6.45) is 5.89. The van der Waals surface area contributed by atoms with E-state index in [1.165, 1.54) is 0 Å². The standard InChI is InChI=1S/C16H24N2O4S/c19-23(20,13-15-4-9-21-10-5-15)18-8-3-16(11-18)22-12-14-1-6-17-7-2-14/h1-2,6-7,15-16H,3-5,8-13H2/t16-/m0/s1. The van der Waals surface area contributed by atoms with Crippen LogP contribution in [0, 0.1) is 5.92 Å². The van der Waals surface area contributed by atoms with E-state index >= 15 is 0 Å². The minimum Gasteiger partial charge on any atom is -0.381 e. The van der Waals surface area contributed by atoms with Gasteiger partial charge < -0.3 is 9.47 Å². The number of hydrogen-bond acceptors (Lipinski definition) is 5. The van der Waals surface area contributed by atoms with Gasteiger partial charge in [-0.2, -0.15) is 4.31 Å². The van der Waals surface area contributed by atoms with Crippen molar-refractivity contribution >= 4 is 10.0 Å². The predicted octanol–water partition coefficient (Wildman–Crippen LogP) is 1.43. The Hall–Kier alpha value is -1.02. The molecule has 3 rings (SSSR count). The maximum atomic E-state index is 12.5. The lowest BCUT2D eigenvalue weighted by atomic mass is 10.0. The summed E-state index contributed by atoms with van der Waals surface area (Å²) in [5.41, 5.74) is 1.06. The molecular formula is C16H24N2O4S. The van der Waals surface area contributed by atoms with Gasteiger partial charge in [-0.1, -0.05) is 0 Å². The zero-order valence-corrected chi connectivity index (χ0v) is 14.1. The molecule has 0 aliphatic carbocycles. The summed E-state index contributed by atoms with van der Waals surface area (Å²) in [6.45, 7) is 2.89. The fourth-order valence-electron chi connectivity index (χ4n) is 3.10. The minimum absolute atomic E-state index is 0.0207. The number of pyridine rings is 1. The van der Waals surface area contributed by atoms with E-state index in [-0.39, 0.29) is 17.8 Å². The molecule has 2 aliphatic heterocycles. The highest BCUT2D eigenvalue weighted by atomic mass is 32.2. The molecule has 1 aromatic heterocycles. The third kappa shape index (κ3) is 4.73. The topological polar surface area (TPSA) is 68.7 Å². The monoisotopic (exact) mass is 340 g/mol. The number of nitrogens with zero attached hydrogens (tertiary/aromatic N) is 2. The van der Waals surface area contributed by atoms with Gasteiger partial charge in [0.25, 0.3) is 0 Å². The molecule has 0 bridgehead atoms. The third-order valence-corrected chi connectivity index (χ3v) is 6.53. The minimum atomic E-state index is -3.19. The van der Waals surface area contributed by atoms with Gasteiger partial charge in [0.05, 0.1) is 18.5 Å². The van der Waals surface area contributed by atoms with Gasteiger partial charge in [0.2, 0.25) is 10.0 Å². The van der Waals surface area contributed by atoms with Crippen molar-refractivity contribution in [3.63, 3.8) is 0 Å². The molecule has 23 heavy (non-hydrogen) atoms. The Morgan fingerprint density at radius 2 is 1.96 bits per heavy atom. The van der Waals surface area contributed by atoms with E-state index in [0.29, 0.717) is 32.9 Å². The summed E-state index contributed by atoms with van der Waals surface area (Å²) >= 11 is 0. The lowest BCUT2D eigenvalue weighted by Gasteiger charge is -2.24.